The molecule has 0 radical (unpaired) electrons. The Morgan fingerprint density at radius 2 is 2.03 bits per heavy atom. The molecule has 11 nitrogen and oxygen atoms in total. The molecule has 1 saturated carbocycles. The van der Waals surface area contributed by atoms with Gasteiger partial charge in [0.05, 0.1) is 24.0 Å². The van der Waals surface area contributed by atoms with E-state index in [-0.39, 0.29) is 29.3 Å². The summed E-state index contributed by atoms with van der Waals surface area (Å²) >= 11 is 0. The lowest BCUT2D eigenvalue weighted by Crippen LogP contribution is -2.51. The highest BCUT2D eigenvalue weighted by molar-refractivity contribution is 5.94. The lowest BCUT2D eigenvalue weighted by atomic mass is 9.89. The van der Waals surface area contributed by atoms with Crippen LogP contribution in [0.1, 0.15) is 23.3 Å². The Kier molecular flexibility index (Phi) is 5.68. The number of imidazole rings is 1. The summed E-state index contributed by atoms with van der Waals surface area (Å²) in [6.07, 6.45) is 6.55. The van der Waals surface area contributed by atoms with Crippen molar-refractivity contribution in [2.75, 3.05) is 24.8 Å². The van der Waals surface area contributed by atoms with Crippen molar-refractivity contribution in [2.24, 2.45) is 0 Å². The van der Waals surface area contributed by atoms with E-state index in [0.717, 1.165) is 12.8 Å². The molecular formula is C23H24N8O3. The van der Waals surface area contributed by atoms with Crippen LogP contribution in [-0.2, 0) is 4.74 Å². The van der Waals surface area contributed by atoms with Crippen LogP contribution in [0.5, 0.6) is 0 Å². The van der Waals surface area contributed by atoms with E-state index in [1.165, 1.54) is 15.3 Å². The molecule has 1 amide bonds. The van der Waals surface area contributed by atoms with E-state index in [2.05, 4.69) is 31.0 Å². The van der Waals surface area contributed by atoms with E-state index in [9.17, 15) is 9.59 Å². The topological polar surface area (TPSA) is 127 Å². The van der Waals surface area contributed by atoms with Gasteiger partial charge < -0.3 is 20.7 Å². The summed E-state index contributed by atoms with van der Waals surface area (Å²) < 4.78 is 8.28. The summed E-state index contributed by atoms with van der Waals surface area (Å²) in [5.74, 6) is 0.593. The number of nitrogens with one attached hydrogen (secondary N) is 3. The van der Waals surface area contributed by atoms with Gasteiger partial charge in [-0.1, -0.05) is 6.07 Å². The summed E-state index contributed by atoms with van der Waals surface area (Å²) in [4.78, 5) is 34.6. The highest BCUT2D eigenvalue weighted by Crippen LogP contribution is 2.24. The van der Waals surface area contributed by atoms with Crippen molar-refractivity contribution >= 4 is 28.7 Å². The van der Waals surface area contributed by atoms with Crippen molar-refractivity contribution in [3.63, 3.8) is 0 Å². The molecule has 2 atom stereocenters. The van der Waals surface area contributed by atoms with Crippen molar-refractivity contribution in [3.8, 4) is 5.82 Å². The zero-order valence-corrected chi connectivity index (χ0v) is 18.7. The second kappa shape index (κ2) is 8.94. The Hall–Kier alpha value is -4.25. The first-order valence-electron chi connectivity index (χ1n) is 10.9. The molecule has 5 rings (SSSR count). The molecule has 1 aliphatic rings. The minimum atomic E-state index is -0.289. The number of methoxy groups -OCH3 is 1. The number of amides is 1. The molecule has 0 spiro atoms. The number of fused-ring (bicyclic) bond motifs is 1. The smallest absolute Gasteiger partial charge is 0.279 e. The van der Waals surface area contributed by atoms with Crippen molar-refractivity contribution in [3.05, 3.63) is 71.0 Å². The molecule has 1 fully saturated rings. The van der Waals surface area contributed by atoms with E-state index in [1.807, 2.05) is 6.07 Å². The van der Waals surface area contributed by atoms with Crippen molar-refractivity contribution in [1.82, 2.24) is 29.5 Å². The molecule has 4 aromatic heterocycles. The predicted octanol–water partition coefficient (Wildman–Crippen LogP) is 1.97. The first-order valence-corrected chi connectivity index (χ1v) is 10.9. The fraction of sp³-hybridized carbons (Fsp3) is 0.261. The van der Waals surface area contributed by atoms with Crippen molar-refractivity contribution in [2.45, 2.75) is 25.0 Å². The summed E-state index contributed by atoms with van der Waals surface area (Å²) in [6, 6.07) is 10.5. The maximum absolute atomic E-state index is 13.1. The summed E-state index contributed by atoms with van der Waals surface area (Å²) in [7, 11) is 3.39. The molecule has 0 saturated heterocycles. The number of hydrogen-bond acceptors (Lipinski definition) is 8. The zero-order valence-electron chi connectivity index (χ0n) is 18.7. The van der Waals surface area contributed by atoms with E-state index in [1.54, 1.807) is 56.9 Å². The second-order valence-electron chi connectivity index (χ2n) is 7.91. The van der Waals surface area contributed by atoms with Crippen LogP contribution in [-0.4, -0.2) is 56.4 Å². The second-order valence-corrected chi connectivity index (χ2v) is 7.91. The average Bonchev–Trinajstić information content (AvgIpc) is 3.27. The molecule has 0 aromatic carbocycles. The fourth-order valence-electron chi connectivity index (χ4n) is 3.93. The first kappa shape index (κ1) is 21.6. The van der Waals surface area contributed by atoms with Gasteiger partial charge in [-0.15, -0.1) is 5.10 Å². The molecule has 0 aliphatic heterocycles. The number of carbonyl (C=O) groups excluding carboxylic acids is 1. The van der Waals surface area contributed by atoms with Gasteiger partial charge in [0.25, 0.3) is 11.5 Å². The van der Waals surface area contributed by atoms with Crippen LogP contribution in [0.2, 0.25) is 0 Å². The number of rotatable bonds is 7. The van der Waals surface area contributed by atoms with E-state index in [4.69, 9.17) is 4.74 Å². The molecule has 4 heterocycles. The molecule has 0 bridgehead atoms. The van der Waals surface area contributed by atoms with Crippen LogP contribution in [0.4, 0.5) is 17.2 Å². The number of anilines is 3. The summed E-state index contributed by atoms with van der Waals surface area (Å²) in [5.41, 5.74) is 1.46. The minimum Gasteiger partial charge on any atom is -0.385 e. The van der Waals surface area contributed by atoms with Gasteiger partial charge in [0.15, 0.2) is 17.2 Å². The third-order valence-corrected chi connectivity index (χ3v) is 5.91. The van der Waals surface area contributed by atoms with Gasteiger partial charge >= 0.3 is 0 Å². The number of pyridine rings is 2. The maximum atomic E-state index is 13.1. The lowest BCUT2D eigenvalue weighted by molar-refractivity contribution is 0.00718. The number of carbonyl (C=O) groups is 1. The summed E-state index contributed by atoms with van der Waals surface area (Å²) in [6.45, 7) is 0. The zero-order chi connectivity index (χ0) is 23.7. The molecule has 1 aliphatic carbocycles. The van der Waals surface area contributed by atoms with Gasteiger partial charge in [0.2, 0.25) is 0 Å². The summed E-state index contributed by atoms with van der Waals surface area (Å²) in [5, 5.41) is 13.7. The van der Waals surface area contributed by atoms with Crippen LogP contribution in [0.25, 0.3) is 11.5 Å². The normalized spacial score (nSPS) is 17.2. The van der Waals surface area contributed by atoms with E-state index in [0.29, 0.717) is 28.7 Å². The van der Waals surface area contributed by atoms with Crippen molar-refractivity contribution < 1.29 is 9.53 Å². The van der Waals surface area contributed by atoms with E-state index < -0.39 is 0 Å². The molecular weight excluding hydrogens is 436 g/mol. The highest BCUT2D eigenvalue weighted by Gasteiger charge is 2.33. The van der Waals surface area contributed by atoms with Gasteiger partial charge in [-0.3, -0.25) is 14.2 Å². The number of nitrogens with zero attached hydrogens (tertiary/aromatic N) is 5. The number of hydrogen-bond donors (Lipinski definition) is 3. The minimum absolute atomic E-state index is 0.0144. The molecule has 11 heteroatoms. The molecule has 34 heavy (non-hydrogen) atoms. The van der Waals surface area contributed by atoms with Crippen LogP contribution in [0.3, 0.4) is 0 Å². The Labute approximate surface area is 194 Å². The van der Waals surface area contributed by atoms with Gasteiger partial charge in [-0.25, -0.2) is 14.5 Å². The van der Waals surface area contributed by atoms with Gasteiger partial charge in [-0.05, 0) is 37.1 Å². The maximum Gasteiger partial charge on any atom is 0.279 e. The highest BCUT2D eigenvalue weighted by atomic mass is 16.5. The number of aromatic nitrogens is 5. The number of ether oxygens (including phenoxy) is 1. The van der Waals surface area contributed by atoms with Gasteiger partial charge in [0, 0.05) is 32.6 Å². The van der Waals surface area contributed by atoms with Crippen LogP contribution in [0, 0.1) is 0 Å². The largest absolute Gasteiger partial charge is 0.385 e. The fourth-order valence-corrected chi connectivity index (χ4v) is 3.93. The third kappa shape index (κ3) is 3.86. The van der Waals surface area contributed by atoms with Gasteiger partial charge in [0.1, 0.15) is 11.5 Å². The predicted molar refractivity (Wildman–Crippen MR) is 127 cm³/mol. The molecule has 3 N–H and O–H groups in total. The first-order chi connectivity index (χ1) is 16.6. The quantitative estimate of drug-likeness (QED) is 0.382. The Bertz CT molecular complexity index is 1400. The van der Waals surface area contributed by atoms with Crippen LogP contribution >= 0.6 is 0 Å². The van der Waals surface area contributed by atoms with E-state index >= 15 is 0 Å². The van der Waals surface area contributed by atoms with Crippen LogP contribution < -0.4 is 21.5 Å². The molecule has 1 unspecified atom stereocenters. The van der Waals surface area contributed by atoms with Crippen LogP contribution in [0.15, 0.2) is 59.8 Å². The Morgan fingerprint density at radius 3 is 2.74 bits per heavy atom. The standard InChI is InChI=1S/C23H24N8O3/c1-24-16-12-19(27-15-6-5-11-30(23(15)33)20-7-3-4-10-25-20)29-31-17(13-26-21(16)31)22(32)28-14-8-9-18(14)34-2/h3-7,10-14,18,24H,8-9H2,1-2H3,(H,27,29)(H,28,32)/t14?,18-/m0/s1. The lowest BCUT2D eigenvalue weighted by Gasteiger charge is -2.35. The van der Waals surface area contributed by atoms with Crippen molar-refractivity contribution in [1.29, 1.82) is 0 Å². The average molecular weight is 460 g/mol. The SMILES string of the molecule is CNc1cc(Nc2cccn(-c3ccccn3)c2=O)nn2c(C(=O)NC3CC[C@@H]3OC)cnc12. The Morgan fingerprint density at radius 1 is 1.15 bits per heavy atom. The molecule has 174 valence electrons. The third-order valence-electron chi connectivity index (χ3n) is 5.91. The Balaban J connectivity index is 1.48. The van der Waals surface area contributed by atoms with Gasteiger partial charge in [-0.2, -0.15) is 0 Å². The molecule has 4 aromatic rings. The monoisotopic (exact) mass is 460 g/mol.